The minimum absolute atomic E-state index is 0.123. The van der Waals surface area contributed by atoms with Crippen molar-refractivity contribution in [3.8, 4) is 0 Å². The van der Waals surface area contributed by atoms with Crippen LogP contribution in [0.2, 0.25) is 0 Å². The maximum absolute atomic E-state index is 11.2. The van der Waals surface area contributed by atoms with Crippen molar-refractivity contribution < 1.29 is 19.4 Å². The van der Waals surface area contributed by atoms with Crippen LogP contribution in [0.15, 0.2) is 0 Å². The number of nitrogens with one attached hydrogen (secondary N) is 1. The molecule has 0 radical (unpaired) electrons. The molecular weight excluding hydrogens is 176 g/mol. The van der Waals surface area contributed by atoms with Crippen LogP contribution in [-0.2, 0) is 9.53 Å². The highest BCUT2D eigenvalue weighted by atomic mass is 16.6. The topological polar surface area (TPSA) is 78.9 Å². The van der Waals surface area contributed by atoms with Crippen LogP contribution in [0.3, 0.4) is 0 Å². The predicted molar refractivity (Wildman–Crippen MR) is 43.0 cm³/mol. The lowest BCUT2D eigenvalue weighted by atomic mass is 10.3. The third-order valence-corrected chi connectivity index (χ3v) is 1.70. The molecule has 6 heteroatoms. The van der Waals surface area contributed by atoms with Gasteiger partial charge in [0.05, 0.1) is 13.2 Å². The molecule has 0 aromatic rings. The van der Waals surface area contributed by atoms with Gasteiger partial charge in [0.25, 0.3) is 5.91 Å². The first-order chi connectivity index (χ1) is 6.15. The summed E-state index contributed by atoms with van der Waals surface area (Å²) in [7, 11) is 1.56. The molecule has 1 aliphatic heterocycles. The van der Waals surface area contributed by atoms with Crippen LogP contribution in [-0.4, -0.2) is 54.9 Å². The van der Waals surface area contributed by atoms with Crippen molar-refractivity contribution in [1.29, 1.82) is 0 Å². The lowest BCUT2D eigenvalue weighted by Gasteiger charge is -2.07. The van der Waals surface area contributed by atoms with Gasteiger partial charge in [0, 0.05) is 13.6 Å². The summed E-state index contributed by atoms with van der Waals surface area (Å²) in [5.74, 6) is -0.369. The van der Waals surface area contributed by atoms with Gasteiger partial charge in [-0.25, -0.2) is 4.79 Å². The number of aliphatic hydroxyl groups excluding tert-OH is 1. The molecule has 2 N–H and O–H groups in total. The quantitative estimate of drug-likeness (QED) is 0.567. The lowest BCUT2D eigenvalue weighted by molar-refractivity contribution is -0.127. The molecule has 0 saturated carbocycles. The van der Waals surface area contributed by atoms with Crippen molar-refractivity contribution in [1.82, 2.24) is 10.2 Å². The van der Waals surface area contributed by atoms with Gasteiger partial charge >= 0.3 is 6.09 Å². The highest BCUT2D eigenvalue weighted by Crippen LogP contribution is 2.08. The Bertz CT molecular complexity index is 219. The number of rotatable bonds is 3. The number of aliphatic hydroxyl groups is 1. The molecule has 0 aliphatic carbocycles. The summed E-state index contributed by atoms with van der Waals surface area (Å²) in [6, 6.07) is 0. The summed E-state index contributed by atoms with van der Waals surface area (Å²) < 4.78 is 4.73. The van der Waals surface area contributed by atoms with Crippen molar-refractivity contribution in [3.05, 3.63) is 0 Å². The zero-order valence-electron chi connectivity index (χ0n) is 7.32. The van der Waals surface area contributed by atoms with Crippen LogP contribution in [0.5, 0.6) is 0 Å². The number of nitrogens with zero attached hydrogens (tertiary/aromatic N) is 1. The number of ether oxygens (including phenoxy) is 1. The molecule has 1 fully saturated rings. The molecular formula is C7H12N2O4. The molecule has 1 saturated heterocycles. The van der Waals surface area contributed by atoms with E-state index in [0.717, 1.165) is 0 Å². The van der Waals surface area contributed by atoms with Crippen LogP contribution in [0.25, 0.3) is 0 Å². The van der Waals surface area contributed by atoms with Crippen LogP contribution in [0, 0.1) is 0 Å². The van der Waals surface area contributed by atoms with Gasteiger partial charge in [-0.3, -0.25) is 4.79 Å². The number of likely N-dealkylation sites (N-methyl/N-ethyl adjacent to an activating group) is 1. The summed E-state index contributed by atoms with van der Waals surface area (Å²) in [5, 5.41) is 10.9. The fourth-order valence-corrected chi connectivity index (χ4v) is 1.00. The number of cyclic esters (lactones) is 1. The number of carbonyl (C=O) groups is 2. The van der Waals surface area contributed by atoms with E-state index in [1.165, 1.54) is 4.90 Å². The molecule has 13 heavy (non-hydrogen) atoms. The average Bonchev–Trinajstić information content (AvgIpc) is 2.43. The number of carbonyl (C=O) groups excluding carboxylic acids is 2. The summed E-state index contributed by atoms with van der Waals surface area (Å²) >= 11 is 0. The maximum Gasteiger partial charge on any atom is 0.410 e. The summed E-state index contributed by atoms with van der Waals surface area (Å²) in [6.07, 6.45) is -1.24. The van der Waals surface area contributed by atoms with E-state index < -0.39 is 12.2 Å². The lowest BCUT2D eigenvalue weighted by Crippen LogP contribution is -2.38. The Hall–Kier alpha value is -1.30. The van der Waals surface area contributed by atoms with Gasteiger partial charge < -0.3 is 20.1 Å². The van der Waals surface area contributed by atoms with Crippen LogP contribution in [0.1, 0.15) is 0 Å². The second kappa shape index (κ2) is 4.08. The fraction of sp³-hybridized carbons (Fsp3) is 0.714. The smallest absolute Gasteiger partial charge is 0.410 e. The molecule has 1 heterocycles. The first-order valence-corrected chi connectivity index (χ1v) is 3.95. The van der Waals surface area contributed by atoms with Crippen molar-refractivity contribution >= 4 is 12.0 Å². The molecule has 0 aromatic carbocycles. The van der Waals surface area contributed by atoms with Gasteiger partial charge in [-0.15, -0.1) is 0 Å². The minimum Gasteiger partial charge on any atom is -0.434 e. The molecule has 1 atom stereocenters. The van der Waals surface area contributed by atoms with Crippen molar-refractivity contribution in [2.24, 2.45) is 0 Å². The Morgan fingerprint density at radius 2 is 2.54 bits per heavy atom. The summed E-state index contributed by atoms with van der Waals surface area (Å²) in [6.45, 7) is 0.314. The number of hydrogen-bond acceptors (Lipinski definition) is 4. The summed E-state index contributed by atoms with van der Waals surface area (Å²) in [5.41, 5.74) is 0. The van der Waals surface area contributed by atoms with E-state index in [0.29, 0.717) is 0 Å². The summed E-state index contributed by atoms with van der Waals surface area (Å²) in [4.78, 5) is 23.3. The second-order valence-corrected chi connectivity index (χ2v) is 2.77. The number of hydrogen-bond donors (Lipinski definition) is 2. The van der Waals surface area contributed by atoms with E-state index in [2.05, 4.69) is 5.32 Å². The Kier molecular flexibility index (Phi) is 3.07. The van der Waals surface area contributed by atoms with E-state index in [-0.39, 0.29) is 25.6 Å². The van der Waals surface area contributed by atoms with Crippen LogP contribution < -0.4 is 5.32 Å². The van der Waals surface area contributed by atoms with Crippen LogP contribution in [0.4, 0.5) is 4.79 Å². The van der Waals surface area contributed by atoms with Gasteiger partial charge in [0.15, 0.2) is 6.10 Å². The average molecular weight is 188 g/mol. The Morgan fingerprint density at radius 1 is 1.85 bits per heavy atom. The monoisotopic (exact) mass is 188 g/mol. The van der Waals surface area contributed by atoms with E-state index in [4.69, 9.17) is 9.84 Å². The van der Waals surface area contributed by atoms with E-state index >= 15 is 0 Å². The fourth-order valence-electron chi connectivity index (χ4n) is 1.00. The highest BCUT2D eigenvalue weighted by molar-refractivity contribution is 5.86. The molecule has 1 aliphatic rings. The second-order valence-electron chi connectivity index (χ2n) is 2.77. The van der Waals surface area contributed by atoms with Gasteiger partial charge in [0.2, 0.25) is 0 Å². The number of amides is 2. The third kappa shape index (κ3) is 2.32. The van der Waals surface area contributed by atoms with Crippen molar-refractivity contribution in [2.75, 3.05) is 26.7 Å². The zero-order valence-corrected chi connectivity index (χ0v) is 7.32. The largest absolute Gasteiger partial charge is 0.434 e. The highest BCUT2D eigenvalue weighted by Gasteiger charge is 2.33. The van der Waals surface area contributed by atoms with Gasteiger partial charge in [-0.05, 0) is 0 Å². The Labute approximate surface area is 75.5 Å². The van der Waals surface area contributed by atoms with Gasteiger partial charge in [-0.2, -0.15) is 0 Å². The predicted octanol–water partition coefficient (Wildman–Crippen LogP) is -1.45. The SMILES string of the molecule is CN1CC(C(=O)NCCO)OC1=O. The molecule has 0 bridgehead atoms. The molecule has 0 aromatic heterocycles. The molecule has 1 rings (SSSR count). The first-order valence-electron chi connectivity index (χ1n) is 3.95. The standard InChI is InChI=1S/C7H12N2O4/c1-9-4-5(13-7(9)12)6(11)8-2-3-10/h5,10H,2-4H2,1H3,(H,8,11). The van der Waals surface area contributed by atoms with Gasteiger partial charge in [0.1, 0.15) is 0 Å². The molecule has 6 nitrogen and oxygen atoms in total. The van der Waals surface area contributed by atoms with Gasteiger partial charge in [-0.1, -0.05) is 0 Å². The molecule has 0 spiro atoms. The van der Waals surface area contributed by atoms with E-state index in [9.17, 15) is 9.59 Å². The Balaban J connectivity index is 2.37. The van der Waals surface area contributed by atoms with Crippen LogP contribution >= 0.6 is 0 Å². The van der Waals surface area contributed by atoms with E-state index in [1.54, 1.807) is 7.05 Å². The Morgan fingerprint density at radius 3 is 3.00 bits per heavy atom. The normalized spacial score (nSPS) is 21.5. The molecule has 2 amide bonds. The third-order valence-electron chi connectivity index (χ3n) is 1.70. The van der Waals surface area contributed by atoms with Crippen molar-refractivity contribution in [3.63, 3.8) is 0 Å². The molecule has 1 unspecified atom stereocenters. The minimum atomic E-state index is -0.746. The zero-order chi connectivity index (χ0) is 9.84. The first kappa shape index (κ1) is 9.79. The molecule has 74 valence electrons. The maximum atomic E-state index is 11.2. The van der Waals surface area contributed by atoms with E-state index in [1.807, 2.05) is 0 Å². The van der Waals surface area contributed by atoms with Crippen molar-refractivity contribution in [2.45, 2.75) is 6.10 Å².